The van der Waals surface area contributed by atoms with Crippen LogP contribution in [0.25, 0.3) is 16.2 Å². The Labute approximate surface area is 246 Å². The lowest BCUT2D eigenvalue weighted by molar-refractivity contribution is -0.138. The highest BCUT2D eigenvalue weighted by Gasteiger charge is 2.33. The Morgan fingerprint density at radius 3 is 2.61 bits per heavy atom. The van der Waals surface area contributed by atoms with Crippen LogP contribution in [0.4, 0.5) is 20.5 Å². The summed E-state index contributed by atoms with van der Waals surface area (Å²) in [6, 6.07) is 8.54. The number of likely N-dealkylation sites (N-methyl/N-ethyl adjacent to an activating group) is 1. The van der Waals surface area contributed by atoms with Gasteiger partial charge in [-0.05, 0) is 50.1 Å². The minimum absolute atomic E-state index is 0.209. The van der Waals surface area contributed by atoms with Crippen molar-refractivity contribution in [2.45, 2.75) is 32.7 Å². The van der Waals surface area contributed by atoms with Crippen LogP contribution in [0, 0.1) is 23.1 Å². The number of nitriles is 1. The molecule has 0 unspecified atom stereocenters. The van der Waals surface area contributed by atoms with E-state index < -0.39 is 0 Å². The molecule has 6 rings (SSSR count). The fraction of sp³-hybridized carbons (Fsp3) is 0.464. The van der Waals surface area contributed by atoms with Gasteiger partial charge in [0.1, 0.15) is 22.5 Å². The third kappa shape index (κ3) is 5.16. The zero-order valence-electron chi connectivity index (χ0n) is 23.5. The lowest BCUT2D eigenvalue weighted by atomic mass is 10.0. The highest BCUT2D eigenvalue weighted by molar-refractivity contribution is 7.20. The Morgan fingerprint density at radius 1 is 1.17 bits per heavy atom. The molecule has 1 atom stereocenters. The van der Waals surface area contributed by atoms with Gasteiger partial charge >= 0.3 is 0 Å². The molecule has 2 aliphatic rings. The van der Waals surface area contributed by atoms with Crippen molar-refractivity contribution in [1.82, 2.24) is 29.4 Å². The van der Waals surface area contributed by atoms with Crippen molar-refractivity contribution in [3.05, 3.63) is 40.7 Å². The SMILES string of the molecule is CCc1nc2sc(N3CC[C@H](N(C)CC(=O)N4CC(C)C4)C3)nn2c1N(C)c1nc(-c2ccc(F)cc2)c(C#N)s1. The molecule has 2 fully saturated rings. The van der Waals surface area contributed by atoms with Crippen molar-refractivity contribution in [3.8, 4) is 17.3 Å². The third-order valence-electron chi connectivity index (χ3n) is 7.87. The van der Waals surface area contributed by atoms with Crippen LogP contribution in [-0.2, 0) is 11.2 Å². The molecule has 2 aliphatic heterocycles. The van der Waals surface area contributed by atoms with E-state index in [0.29, 0.717) is 40.1 Å². The molecule has 0 aliphatic carbocycles. The third-order valence-corrected chi connectivity index (χ3v) is 9.88. The number of nitrogens with zero attached hydrogens (tertiary/aromatic N) is 9. The largest absolute Gasteiger partial charge is 0.345 e. The molecule has 0 radical (unpaired) electrons. The van der Waals surface area contributed by atoms with Crippen LogP contribution >= 0.6 is 22.7 Å². The number of hydrogen-bond acceptors (Lipinski definition) is 10. The number of imidazole rings is 1. The number of hydrogen-bond donors (Lipinski definition) is 0. The molecule has 0 saturated carbocycles. The summed E-state index contributed by atoms with van der Waals surface area (Å²) in [6.45, 7) is 8.08. The Balaban J connectivity index is 1.22. The fourth-order valence-electron chi connectivity index (χ4n) is 5.51. The van der Waals surface area contributed by atoms with Crippen LogP contribution in [0.2, 0.25) is 0 Å². The van der Waals surface area contributed by atoms with E-state index in [1.807, 2.05) is 28.4 Å². The highest BCUT2D eigenvalue weighted by Crippen LogP contribution is 2.38. The summed E-state index contributed by atoms with van der Waals surface area (Å²) in [5.74, 6) is 1.30. The second kappa shape index (κ2) is 11.0. The van der Waals surface area contributed by atoms with Crippen molar-refractivity contribution >= 4 is 49.6 Å². The quantitative estimate of drug-likeness (QED) is 0.299. The molecule has 4 aromatic rings. The van der Waals surface area contributed by atoms with Crippen LogP contribution in [0.5, 0.6) is 0 Å². The topological polar surface area (TPSA) is 96.9 Å². The lowest BCUT2D eigenvalue weighted by Gasteiger charge is -2.38. The minimum atomic E-state index is -0.334. The van der Waals surface area contributed by atoms with Crippen LogP contribution in [0.3, 0.4) is 0 Å². The number of fused-ring (bicyclic) bond motifs is 1. The number of thiazole rings is 1. The van der Waals surface area contributed by atoms with Crippen LogP contribution in [-0.4, -0.2) is 88.2 Å². The zero-order chi connectivity index (χ0) is 28.8. The molecular weight excluding hydrogens is 562 g/mol. The molecule has 10 nitrogen and oxygen atoms in total. The van der Waals surface area contributed by atoms with E-state index in [2.05, 4.69) is 29.7 Å². The van der Waals surface area contributed by atoms with Crippen LogP contribution in [0.15, 0.2) is 24.3 Å². The first-order valence-corrected chi connectivity index (χ1v) is 15.4. The second-order valence-corrected chi connectivity index (χ2v) is 12.8. The van der Waals surface area contributed by atoms with Gasteiger partial charge in [-0.2, -0.15) is 9.78 Å². The van der Waals surface area contributed by atoms with Gasteiger partial charge in [0.2, 0.25) is 16.0 Å². The van der Waals surface area contributed by atoms with E-state index in [1.165, 1.54) is 23.5 Å². The minimum Gasteiger partial charge on any atom is -0.345 e. The number of amides is 1. The smallest absolute Gasteiger partial charge is 0.236 e. The standard InChI is InChI=1S/C28H32FN9OS2/c1-5-21-25(35(4)26-32-24(22(12-30)40-26)18-6-8-19(29)9-7-18)38-27(31-21)41-28(33-38)36-11-10-20(15-36)34(3)16-23(39)37-13-17(2)14-37/h6-9,17,20H,5,10-11,13-16H2,1-4H3/t20-/m0/s1. The number of benzene rings is 1. The summed E-state index contributed by atoms with van der Waals surface area (Å²) in [5.41, 5.74) is 2.12. The van der Waals surface area contributed by atoms with E-state index in [9.17, 15) is 14.4 Å². The Bertz CT molecular complexity index is 1620. The molecule has 5 heterocycles. The van der Waals surface area contributed by atoms with Crippen molar-refractivity contribution < 1.29 is 9.18 Å². The lowest BCUT2D eigenvalue weighted by Crippen LogP contribution is -2.52. The number of likely N-dealkylation sites (tertiary alicyclic amines) is 1. The summed E-state index contributed by atoms with van der Waals surface area (Å²) in [7, 11) is 3.95. The first-order valence-electron chi connectivity index (χ1n) is 13.8. The number of aryl methyl sites for hydroxylation is 1. The van der Waals surface area contributed by atoms with E-state index in [4.69, 9.17) is 15.1 Å². The van der Waals surface area contributed by atoms with Crippen molar-refractivity contribution in [2.75, 3.05) is 56.6 Å². The van der Waals surface area contributed by atoms with Gasteiger partial charge in [-0.25, -0.2) is 14.4 Å². The molecule has 214 valence electrons. The van der Waals surface area contributed by atoms with Crippen molar-refractivity contribution in [3.63, 3.8) is 0 Å². The molecule has 3 aromatic heterocycles. The predicted octanol–water partition coefficient (Wildman–Crippen LogP) is 4.24. The van der Waals surface area contributed by atoms with E-state index in [0.717, 1.165) is 54.2 Å². The fourth-order valence-corrected chi connectivity index (χ4v) is 7.31. The molecule has 0 N–H and O–H groups in total. The summed E-state index contributed by atoms with van der Waals surface area (Å²) >= 11 is 2.84. The van der Waals surface area contributed by atoms with Gasteiger partial charge in [0.05, 0.1) is 12.2 Å². The number of anilines is 3. The van der Waals surface area contributed by atoms with Crippen molar-refractivity contribution in [1.29, 1.82) is 5.26 Å². The molecule has 2 saturated heterocycles. The Hall–Kier alpha value is -3.60. The van der Waals surface area contributed by atoms with Crippen LogP contribution in [0.1, 0.15) is 30.8 Å². The predicted molar refractivity (Wildman–Crippen MR) is 160 cm³/mol. The van der Waals surface area contributed by atoms with Gasteiger partial charge in [-0.1, -0.05) is 36.5 Å². The maximum absolute atomic E-state index is 13.5. The summed E-state index contributed by atoms with van der Waals surface area (Å²) in [5, 5.41) is 16.3. The second-order valence-electron chi connectivity index (χ2n) is 10.9. The van der Waals surface area contributed by atoms with E-state index in [-0.39, 0.29) is 17.8 Å². The molecule has 1 amide bonds. The normalized spacial score (nSPS) is 17.4. The maximum Gasteiger partial charge on any atom is 0.236 e. The first-order chi connectivity index (χ1) is 19.7. The Kier molecular flexibility index (Phi) is 7.39. The van der Waals surface area contributed by atoms with Crippen LogP contribution < -0.4 is 9.80 Å². The van der Waals surface area contributed by atoms with Gasteiger partial charge in [-0.3, -0.25) is 9.69 Å². The van der Waals surface area contributed by atoms with Gasteiger partial charge in [0.25, 0.3) is 0 Å². The summed E-state index contributed by atoms with van der Waals surface area (Å²) in [6.07, 6.45) is 1.68. The monoisotopic (exact) mass is 593 g/mol. The number of carbonyl (C=O) groups is 1. The number of halogens is 1. The average molecular weight is 594 g/mol. The highest BCUT2D eigenvalue weighted by atomic mass is 32.1. The molecular formula is C28H32FN9OS2. The van der Waals surface area contributed by atoms with Gasteiger partial charge in [0.15, 0.2) is 10.9 Å². The number of rotatable bonds is 8. The van der Waals surface area contributed by atoms with E-state index >= 15 is 0 Å². The summed E-state index contributed by atoms with van der Waals surface area (Å²) < 4.78 is 15.4. The number of carbonyl (C=O) groups excluding carboxylic acids is 1. The molecule has 1 aromatic carbocycles. The average Bonchev–Trinajstić information content (AvgIpc) is 3.73. The van der Waals surface area contributed by atoms with Crippen molar-refractivity contribution in [2.24, 2.45) is 5.92 Å². The zero-order valence-corrected chi connectivity index (χ0v) is 25.2. The van der Waals surface area contributed by atoms with E-state index in [1.54, 1.807) is 23.5 Å². The molecule has 0 bridgehead atoms. The number of aromatic nitrogens is 4. The van der Waals surface area contributed by atoms with Gasteiger partial charge in [-0.15, -0.1) is 5.10 Å². The summed E-state index contributed by atoms with van der Waals surface area (Å²) in [4.78, 5) is 31.8. The maximum atomic E-state index is 13.5. The molecule has 0 spiro atoms. The van der Waals surface area contributed by atoms with Gasteiger partial charge < -0.3 is 14.7 Å². The first kappa shape index (κ1) is 27.6. The molecule has 41 heavy (non-hydrogen) atoms. The molecule has 13 heteroatoms. The van der Waals surface area contributed by atoms with Gasteiger partial charge in [0, 0.05) is 44.8 Å². The Morgan fingerprint density at radius 2 is 1.93 bits per heavy atom.